The molecule has 0 unspecified atom stereocenters. The second-order valence-electron chi connectivity index (χ2n) is 9.21. The Morgan fingerprint density at radius 3 is 2.41 bits per heavy atom. The maximum absolute atomic E-state index is 13.8. The highest BCUT2D eigenvalue weighted by Crippen LogP contribution is 2.47. The number of phenolic OH excluding ortho intramolecular Hbond substituents is 1. The summed E-state index contributed by atoms with van der Waals surface area (Å²) in [5.74, 6) is 0.920. The van der Waals surface area contributed by atoms with Crippen molar-refractivity contribution in [1.29, 1.82) is 0 Å². The predicted molar refractivity (Wildman–Crippen MR) is 141 cm³/mol. The van der Waals surface area contributed by atoms with E-state index in [1.165, 1.54) is 18.7 Å². The number of fused-ring (bicyclic) bond motifs is 5. The van der Waals surface area contributed by atoms with Gasteiger partial charge in [0.25, 0.3) is 5.56 Å². The van der Waals surface area contributed by atoms with Crippen LogP contribution in [-0.2, 0) is 14.1 Å². The zero-order valence-corrected chi connectivity index (χ0v) is 20.9. The Labute approximate surface area is 212 Å². The Balaban J connectivity index is 1.84. The molecule has 0 radical (unpaired) electrons. The van der Waals surface area contributed by atoms with Crippen LogP contribution in [0.2, 0.25) is 0 Å². The zero-order chi connectivity index (χ0) is 26.0. The molecule has 8 nitrogen and oxygen atoms in total. The van der Waals surface area contributed by atoms with Crippen LogP contribution in [0, 0.1) is 6.92 Å². The van der Waals surface area contributed by atoms with Gasteiger partial charge in [-0.1, -0.05) is 42.5 Å². The first-order valence-electron chi connectivity index (χ1n) is 11.9. The monoisotopic (exact) mass is 495 g/mol. The standard InChI is InChI=1S/C29H25N3O5/c1-16-9-5-6-10-18(16)24-23-25(30(2)29(35)31(3)28(23)34)26-27(17-13-14-22(36-4)20(33)15-17)37-21-12-8-7-11-19(21)32(24)26/h5-15,27,33H,1-4H3/t27-/m1/s1. The number of methoxy groups -OCH3 is 1. The largest absolute Gasteiger partial charge is 0.504 e. The van der Waals surface area contributed by atoms with E-state index in [4.69, 9.17) is 9.47 Å². The summed E-state index contributed by atoms with van der Waals surface area (Å²) >= 11 is 0. The van der Waals surface area contributed by atoms with Gasteiger partial charge in [-0.3, -0.25) is 13.9 Å². The second kappa shape index (κ2) is 8.16. The molecular formula is C29H25N3O5. The van der Waals surface area contributed by atoms with Crippen LogP contribution in [0.5, 0.6) is 17.2 Å². The number of hydrogen-bond acceptors (Lipinski definition) is 5. The van der Waals surface area contributed by atoms with Crippen LogP contribution in [-0.4, -0.2) is 25.9 Å². The third-order valence-corrected chi connectivity index (χ3v) is 7.11. The quantitative estimate of drug-likeness (QED) is 0.405. The summed E-state index contributed by atoms with van der Waals surface area (Å²) in [6, 6.07) is 20.5. The van der Waals surface area contributed by atoms with Crippen LogP contribution in [0.1, 0.15) is 22.9 Å². The topological polar surface area (TPSA) is 87.6 Å². The van der Waals surface area contributed by atoms with Gasteiger partial charge in [0.2, 0.25) is 0 Å². The molecule has 0 saturated heterocycles. The Hall–Kier alpha value is -4.72. The van der Waals surface area contributed by atoms with Gasteiger partial charge in [-0.2, -0.15) is 0 Å². The maximum Gasteiger partial charge on any atom is 0.331 e. The lowest BCUT2D eigenvalue weighted by Gasteiger charge is -2.30. The third-order valence-electron chi connectivity index (χ3n) is 7.11. The van der Waals surface area contributed by atoms with Crippen molar-refractivity contribution in [2.75, 3.05) is 7.11 Å². The molecule has 0 amide bonds. The summed E-state index contributed by atoms with van der Waals surface area (Å²) in [5, 5.41) is 11.0. The first-order valence-corrected chi connectivity index (χ1v) is 11.9. The lowest BCUT2D eigenvalue weighted by atomic mass is 10.0. The van der Waals surface area contributed by atoms with Crippen LogP contribution in [0.15, 0.2) is 76.3 Å². The summed E-state index contributed by atoms with van der Waals surface area (Å²) in [7, 11) is 4.64. The molecule has 1 aliphatic heterocycles. The first kappa shape index (κ1) is 22.7. The average Bonchev–Trinajstić information content (AvgIpc) is 3.27. The number of benzene rings is 3. The molecule has 0 fully saturated rings. The number of ether oxygens (including phenoxy) is 2. The van der Waals surface area contributed by atoms with E-state index in [2.05, 4.69) is 0 Å². The number of hydrogen-bond donors (Lipinski definition) is 1. The smallest absolute Gasteiger partial charge is 0.331 e. The molecule has 1 aliphatic rings. The van der Waals surface area contributed by atoms with E-state index in [9.17, 15) is 14.7 Å². The fraction of sp³-hybridized carbons (Fsp3) is 0.172. The van der Waals surface area contributed by atoms with E-state index < -0.39 is 11.8 Å². The number of para-hydroxylation sites is 2. The summed E-state index contributed by atoms with van der Waals surface area (Å²) in [4.78, 5) is 26.9. The van der Waals surface area contributed by atoms with Crippen molar-refractivity contribution in [1.82, 2.24) is 13.7 Å². The Kier molecular flexibility index (Phi) is 5.01. The van der Waals surface area contributed by atoms with E-state index in [0.717, 1.165) is 21.4 Å². The highest BCUT2D eigenvalue weighted by atomic mass is 16.5. The van der Waals surface area contributed by atoms with Crippen molar-refractivity contribution in [2.45, 2.75) is 13.0 Å². The third kappa shape index (κ3) is 3.15. The van der Waals surface area contributed by atoms with E-state index >= 15 is 0 Å². The van der Waals surface area contributed by atoms with Crippen molar-refractivity contribution >= 4 is 10.9 Å². The van der Waals surface area contributed by atoms with E-state index in [1.807, 2.05) is 66.1 Å². The molecule has 0 bridgehead atoms. The van der Waals surface area contributed by atoms with Crippen LogP contribution in [0.3, 0.4) is 0 Å². The molecule has 0 spiro atoms. The number of aryl methyl sites for hydroxylation is 2. The molecule has 1 atom stereocenters. The summed E-state index contributed by atoms with van der Waals surface area (Å²) in [6.07, 6.45) is -0.718. The minimum absolute atomic E-state index is 0.0335. The van der Waals surface area contributed by atoms with Crippen LogP contribution < -0.4 is 20.7 Å². The molecule has 0 saturated carbocycles. The normalized spacial score (nSPS) is 14.2. The molecule has 0 aliphatic carbocycles. The first-order chi connectivity index (χ1) is 17.8. The number of nitrogens with zero attached hydrogens (tertiary/aromatic N) is 3. The maximum atomic E-state index is 13.8. The van der Waals surface area contributed by atoms with Gasteiger partial charge in [0, 0.05) is 25.2 Å². The van der Waals surface area contributed by atoms with Gasteiger partial charge < -0.3 is 19.1 Å². The number of aromatic nitrogens is 3. The van der Waals surface area contributed by atoms with Crippen LogP contribution >= 0.6 is 0 Å². The lowest BCUT2D eigenvalue weighted by Crippen LogP contribution is -2.37. The average molecular weight is 496 g/mol. The van der Waals surface area contributed by atoms with E-state index in [-0.39, 0.29) is 11.3 Å². The van der Waals surface area contributed by atoms with Gasteiger partial charge >= 0.3 is 5.69 Å². The van der Waals surface area contributed by atoms with E-state index in [1.54, 1.807) is 19.2 Å². The minimum atomic E-state index is -0.718. The molecule has 2 aromatic heterocycles. The molecule has 1 N–H and O–H groups in total. The number of aromatic hydroxyl groups is 1. The van der Waals surface area contributed by atoms with Crippen molar-refractivity contribution in [3.8, 4) is 34.2 Å². The van der Waals surface area contributed by atoms with Gasteiger partial charge in [-0.25, -0.2) is 4.79 Å². The molecule has 5 aromatic rings. The number of rotatable bonds is 3. The molecule has 8 heteroatoms. The fourth-order valence-electron chi connectivity index (χ4n) is 5.30. The Morgan fingerprint density at radius 2 is 1.68 bits per heavy atom. The van der Waals surface area contributed by atoms with Gasteiger partial charge in [0.05, 0.1) is 35.1 Å². The SMILES string of the molecule is COc1ccc([C@H]2Oc3ccccc3-n3c(-c4ccccc4C)c4c(=O)n(C)c(=O)n(C)c4c32)cc1O. The van der Waals surface area contributed by atoms with Crippen LogP contribution in [0.4, 0.5) is 0 Å². The summed E-state index contributed by atoms with van der Waals surface area (Å²) < 4.78 is 16.4. The van der Waals surface area contributed by atoms with Crippen molar-refractivity contribution in [3.05, 3.63) is 104 Å². The predicted octanol–water partition coefficient (Wildman–Crippen LogP) is 4.20. The van der Waals surface area contributed by atoms with Gasteiger partial charge in [-0.15, -0.1) is 0 Å². The summed E-state index contributed by atoms with van der Waals surface area (Å²) in [6.45, 7) is 2.00. The minimum Gasteiger partial charge on any atom is -0.504 e. The summed E-state index contributed by atoms with van der Waals surface area (Å²) in [5.41, 5.74) is 4.27. The van der Waals surface area contributed by atoms with Crippen molar-refractivity contribution in [2.24, 2.45) is 14.1 Å². The van der Waals surface area contributed by atoms with Gasteiger partial charge in [0.1, 0.15) is 5.75 Å². The Morgan fingerprint density at radius 1 is 0.946 bits per heavy atom. The lowest BCUT2D eigenvalue weighted by molar-refractivity contribution is 0.228. The van der Waals surface area contributed by atoms with Gasteiger partial charge in [-0.05, 0) is 36.8 Å². The highest BCUT2D eigenvalue weighted by Gasteiger charge is 2.36. The number of phenols is 1. The molecule has 3 aromatic carbocycles. The highest BCUT2D eigenvalue weighted by molar-refractivity contribution is 5.98. The van der Waals surface area contributed by atoms with Crippen molar-refractivity contribution < 1.29 is 14.6 Å². The van der Waals surface area contributed by atoms with E-state index in [0.29, 0.717) is 39.4 Å². The zero-order valence-electron chi connectivity index (χ0n) is 20.9. The molecule has 37 heavy (non-hydrogen) atoms. The Bertz CT molecular complexity index is 1840. The molecule has 186 valence electrons. The molecular weight excluding hydrogens is 470 g/mol. The fourth-order valence-corrected chi connectivity index (χ4v) is 5.30. The van der Waals surface area contributed by atoms with Gasteiger partial charge in [0.15, 0.2) is 17.6 Å². The molecule has 6 rings (SSSR count). The van der Waals surface area contributed by atoms with Crippen molar-refractivity contribution in [3.63, 3.8) is 0 Å². The van der Waals surface area contributed by atoms with Crippen LogP contribution in [0.25, 0.3) is 27.8 Å². The second-order valence-corrected chi connectivity index (χ2v) is 9.21. The molecule has 3 heterocycles.